The van der Waals surface area contributed by atoms with Gasteiger partial charge in [-0.1, -0.05) is 0 Å². The van der Waals surface area contributed by atoms with E-state index in [2.05, 4.69) is 14.7 Å². The van der Waals surface area contributed by atoms with Gasteiger partial charge in [-0.2, -0.15) is 13.2 Å². The molecule has 30 heavy (non-hydrogen) atoms. The van der Waals surface area contributed by atoms with Gasteiger partial charge in [0, 0.05) is 5.39 Å². The monoisotopic (exact) mass is 423 g/mol. The van der Waals surface area contributed by atoms with E-state index < -0.39 is 48.9 Å². The van der Waals surface area contributed by atoms with Gasteiger partial charge < -0.3 is 20.1 Å². The molecule has 0 spiro atoms. The summed E-state index contributed by atoms with van der Waals surface area (Å²) in [6, 6.07) is 1.33. The number of anilines is 1. The number of fused-ring (bicyclic) bond motifs is 3. The van der Waals surface area contributed by atoms with Gasteiger partial charge in [0.1, 0.15) is 30.9 Å². The summed E-state index contributed by atoms with van der Waals surface area (Å²) in [5, 5.41) is 9.35. The molecule has 1 saturated heterocycles. The third kappa shape index (κ3) is 2.94. The average molecular weight is 423 g/mol. The van der Waals surface area contributed by atoms with Crippen LogP contribution in [-0.4, -0.2) is 55.2 Å². The van der Waals surface area contributed by atoms with Gasteiger partial charge in [-0.05, 0) is 18.2 Å². The Balaban J connectivity index is 1.86. The first-order valence-electron chi connectivity index (χ1n) is 8.41. The minimum Gasteiger partial charge on any atom is -0.480 e. The third-order valence-corrected chi connectivity index (χ3v) is 4.72. The van der Waals surface area contributed by atoms with Crippen molar-refractivity contribution in [3.63, 3.8) is 0 Å². The molecule has 0 bridgehead atoms. The number of halogens is 3. The maximum Gasteiger partial charge on any atom is 0.417 e. The van der Waals surface area contributed by atoms with Crippen LogP contribution in [-0.2, 0) is 27.0 Å². The van der Waals surface area contributed by atoms with E-state index in [0.29, 0.717) is 4.90 Å². The SMILES string of the molecule is Nc1ncnc2c1c1cc(C(F)(F)F)ccc1n2CC(=O)N1C(=O)OCC1C(=O)O. The first-order chi connectivity index (χ1) is 14.1. The minimum absolute atomic E-state index is 0.0597. The van der Waals surface area contributed by atoms with Gasteiger partial charge in [0.15, 0.2) is 6.04 Å². The number of alkyl halides is 3. The minimum atomic E-state index is -4.61. The first kappa shape index (κ1) is 19.4. The first-order valence-corrected chi connectivity index (χ1v) is 8.41. The van der Waals surface area contributed by atoms with Gasteiger partial charge in [0.25, 0.3) is 5.91 Å². The number of carbonyl (C=O) groups excluding carboxylic acids is 2. The molecule has 1 aliphatic heterocycles. The Morgan fingerprint density at radius 1 is 1.30 bits per heavy atom. The lowest BCUT2D eigenvalue weighted by Crippen LogP contribution is -2.45. The Morgan fingerprint density at radius 2 is 2.03 bits per heavy atom. The molecule has 1 aliphatic rings. The third-order valence-electron chi connectivity index (χ3n) is 4.72. The molecule has 0 aliphatic carbocycles. The van der Waals surface area contributed by atoms with Crippen LogP contribution in [0.3, 0.4) is 0 Å². The summed E-state index contributed by atoms with van der Waals surface area (Å²) in [5.74, 6) is -2.46. The number of cyclic esters (lactones) is 1. The topological polar surface area (TPSA) is 141 Å². The maximum absolute atomic E-state index is 13.2. The highest BCUT2D eigenvalue weighted by Gasteiger charge is 2.42. The predicted molar refractivity (Wildman–Crippen MR) is 94.1 cm³/mol. The highest BCUT2D eigenvalue weighted by molar-refractivity contribution is 6.12. The van der Waals surface area contributed by atoms with E-state index in [9.17, 15) is 32.7 Å². The van der Waals surface area contributed by atoms with Crippen molar-refractivity contribution in [1.29, 1.82) is 0 Å². The molecule has 10 nitrogen and oxygen atoms in total. The summed E-state index contributed by atoms with van der Waals surface area (Å²) in [5.41, 5.74) is 5.14. The molecule has 4 rings (SSSR count). The largest absolute Gasteiger partial charge is 0.480 e. The lowest BCUT2D eigenvalue weighted by atomic mass is 10.1. The van der Waals surface area contributed by atoms with Gasteiger partial charge in [-0.3, -0.25) is 4.79 Å². The summed E-state index contributed by atoms with van der Waals surface area (Å²) in [4.78, 5) is 44.1. The Bertz CT molecular complexity index is 1220. The Morgan fingerprint density at radius 3 is 2.70 bits per heavy atom. The van der Waals surface area contributed by atoms with Crippen LogP contribution in [0, 0.1) is 0 Å². The van der Waals surface area contributed by atoms with Crippen LogP contribution in [0.25, 0.3) is 21.9 Å². The number of nitrogen functional groups attached to an aromatic ring is 1. The number of carboxylic acids is 1. The van der Waals surface area contributed by atoms with Crippen LogP contribution >= 0.6 is 0 Å². The number of hydrogen-bond donors (Lipinski definition) is 2. The number of hydrogen-bond acceptors (Lipinski definition) is 7. The number of imide groups is 1. The number of ether oxygens (including phenoxy) is 1. The molecule has 2 aromatic heterocycles. The molecule has 1 fully saturated rings. The van der Waals surface area contributed by atoms with Crippen LogP contribution in [0.15, 0.2) is 24.5 Å². The molecule has 0 radical (unpaired) electrons. The van der Waals surface area contributed by atoms with E-state index in [4.69, 9.17) is 5.73 Å². The standard InChI is InChI=1S/C17H12F3N5O5/c18-17(19,20)7-1-2-9-8(3-7)12-13(21)22-6-23-14(12)24(9)4-11(26)25-10(15(27)28)5-30-16(25)29/h1-3,6,10H,4-5H2,(H,27,28)(H2,21,22,23). The molecule has 13 heteroatoms. The number of nitrogens with two attached hydrogens (primary N) is 1. The highest BCUT2D eigenvalue weighted by Crippen LogP contribution is 2.36. The summed E-state index contributed by atoms with van der Waals surface area (Å²) in [6.07, 6.45) is -4.66. The fourth-order valence-corrected chi connectivity index (χ4v) is 3.36. The molecule has 3 aromatic rings. The quantitative estimate of drug-likeness (QED) is 0.648. The Hall–Kier alpha value is -3.90. The zero-order valence-electron chi connectivity index (χ0n) is 14.9. The van der Waals surface area contributed by atoms with E-state index in [0.717, 1.165) is 24.5 Å². The lowest BCUT2D eigenvalue weighted by Gasteiger charge is -2.17. The fourth-order valence-electron chi connectivity index (χ4n) is 3.36. The van der Waals surface area contributed by atoms with Gasteiger partial charge >= 0.3 is 18.2 Å². The van der Waals surface area contributed by atoms with Crippen molar-refractivity contribution in [3.05, 3.63) is 30.1 Å². The summed E-state index contributed by atoms with van der Waals surface area (Å²) >= 11 is 0. The van der Waals surface area contributed by atoms with Crippen molar-refractivity contribution in [2.24, 2.45) is 0 Å². The number of aromatic nitrogens is 3. The van der Waals surface area contributed by atoms with Crippen LogP contribution in [0.2, 0.25) is 0 Å². The van der Waals surface area contributed by atoms with Crippen LogP contribution < -0.4 is 5.73 Å². The molecule has 3 N–H and O–H groups in total. The smallest absolute Gasteiger partial charge is 0.417 e. The zero-order valence-corrected chi connectivity index (χ0v) is 14.9. The van der Waals surface area contributed by atoms with Crippen molar-refractivity contribution < 1.29 is 37.4 Å². The van der Waals surface area contributed by atoms with Crippen molar-refractivity contribution in [3.8, 4) is 0 Å². The molecule has 156 valence electrons. The molecule has 3 heterocycles. The predicted octanol–water partition coefficient (Wildman–Crippen LogP) is 1.62. The van der Waals surface area contributed by atoms with E-state index in [1.54, 1.807) is 0 Å². The van der Waals surface area contributed by atoms with Crippen molar-refractivity contribution in [1.82, 2.24) is 19.4 Å². The zero-order chi connectivity index (χ0) is 21.8. The molecule has 1 unspecified atom stereocenters. The molecule has 0 saturated carbocycles. The van der Waals surface area contributed by atoms with E-state index in [1.807, 2.05) is 0 Å². The number of carboxylic acid groups (broad SMARTS) is 1. The molecule has 2 amide bonds. The van der Waals surface area contributed by atoms with Crippen LogP contribution in [0.4, 0.5) is 23.8 Å². The second-order valence-electron chi connectivity index (χ2n) is 6.47. The Kier molecular flexibility index (Phi) is 4.25. The molecule has 1 aromatic carbocycles. The maximum atomic E-state index is 13.2. The number of amides is 2. The van der Waals surface area contributed by atoms with Crippen molar-refractivity contribution >= 4 is 45.7 Å². The summed E-state index contributed by atoms with van der Waals surface area (Å²) in [6.45, 7) is -1.09. The summed E-state index contributed by atoms with van der Waals surface area (Å²) < 4.78 is 45.4. The fraction of sp³-hybridized carbons (Fsp3) is 0.235. The van der Waals surface area contributed by atoms with Gasteiger partial charge in [0.2, 0.25) is 0 Å². The number of nitrogens with zero attached hydrogens (tertiary/aromatic N) is 4. The normalized spacial score (nSPS) is 17.0. The summed E-state index contributed by atoms with van der Waals surface area (Å²) in [7, 11) is 0. The molecule has 1 atom stereocenters. The molecular weight excluding hydrogens is 411 g/mol. The number of aliphatic carboxylic acids is 1. The second-order valence-corrected chi connectivity index (χ2v) is 6.47. The highest BCUT2D eigenvalue weighted by atomic mass is 19.4. The van der Waals surface area contributed by atoms with E-state index >= 15 is 0 Å². The Labute approximate surface area is 164 Å². The molecular formula is C17H12F3N5O5. The van der Waals surface area contributed by atoms with Crippen molar-refractivity contribution in [2.75, 3.05) is 12.3 Å². The number of benzene rings is 1. The van der Waals surface area contributed by atoms with Crippen LogP contribution in [0.5, 0.6) is 0 Å². The number of rotatable bonds is 3. The van der Waals surface area contributed by atoms with Crippen LogP contribution in [0.1, 0.15) is 5.56 Å². The van der Waals surface area contributed by atoms with Crippen molar-refractivity contribution in [2.45, 2.75) is 18.8 Å². The van der Waals surface area contributed by atoms with Gasteiger partial charge in [-0.15, -0.1) is 0 Å². The van der Waals surface area contributed by atoms with Gasteiger partial charge in [0.05, 0.1) is 16.5 Å². The lowest BCUT2D eigenvalue weighted by molar-refractivity contribution is -0.146. The average Bonchev–Trinajstić information content (AvgIpc) is 3.20. The van der Waals surface area contributed by atoms with Gasteiger partial charge in [-0.25, -0.2) is 24.5 Å². The van der Waals surface area contributed by atoms with E-state index in [1.165, 1.54) is 4.57 Å². The second kappa shape index (κ2) is 6.57. The van der Waals surface area contributed by atoms with E-state index in [-0.39, 0.29) is 27.8 Å². The number of carbonyl (C=O) groups is 3.